The van der Waals surface area contributed by atoms with Crippen LogP contribution in [0.25, 0.3) is 0 Å². The number of benzene rings is 1. The largest absolute Gasteiger partial charge is 0.497 e. The first-order chi connectivity index (χ1) is 10.0. The molecule has 0 saturated carbocycles. The summed E-state index contributed by atoms with van der Waals surface area (Å²) in [5.74, 6) is 0.0983. The molecule has 0 aliphatic rings. The number of halogens is 1. The Morgan fingerprint density at radius 1 is 1.38 bits per heavy atom. The third kappa shape index (κ3) is 3.72. The van der Waals surface area contributed by atoms with Crippen molar-refractivity contribution < 1.29 is 14.6 Å². The second kappa shape index (κ2) is 6.58. The lowest BCUT2D eigenvalue weighted by Crippen LogP contribution is -2.12. The monoisotopic (exact) mass is 350 g/mol. The first kappa shape index (κ1) is 15.3. The summed E-state index contributed by atoms with van der Waals surface area (Å²) in [7, 11) is 1.61. The molecule has 0 bridgehead atoms. The maximum absolute atomic E-state index is 11.3. The Kier molecular flexibility index (Phi) is 4.80. The number of hydrogen-bond acceptors (Lipinski definition) is 4. The van der Waals surface area contributed by atoms with Crippen molar-refractivity contribution in [1.29, 1.82) is 0 Å². The minimum atomic E-state index is -1.02. The van der Waals surface area contributed by atoms with Gasteiger partial charge in [-0.25, -0.2) is 9.78 Å². The molecule has 1 aromatic carbocycles. The van der Waals surface area contributed by atoms with Crippen LogP contribution in [0, 0.1) is 0 Å². The van der Waals surface area contributed by atoms with Gasteiger partial charge in [0.25, 0.3) is 0 Å². The highest BCUT2D eigenvalue weighted by molar-refractivity contribution is 9.10. The van der Waals surface area contributed by atoms with Crippen molar-refractivity contribution in [3.63, 3.8) is 0 Å². The fourth-order valence-corrected chi connectivity index (χ4v) is 2.23. The predicted octanol–water partition coefficient (Wildman–Crippen LogP) is 3.72. The van der Waals surface area contributed by atoms with Gasteiger partial charge in [-0.1, -0.05) is 12.1 Å². The van der Waals surface area contributed by atoms with E-state index < -0.39 is 5.97 Å². The van der Waals surface area contributed by atoms with E-state index >= 15 is 0 Å². The zero-order valence-electron chi connectivity index (χ0n) is 11.6. The number of methoxy groups -OCH3 is 1. The number of carboxylic acids is 1. The molecule has 1 unspecified atom stereocenters. The standard InChI is InChI=1S/C15H15BrN2O3/c1-9(10-3-5-12(21-2)6-4-10)18-14-13(15(19)20)7-11(16)8-17-14/h3-9H,1-2H3,(H,17,18)(H,19,20). The van der Waals surface area contributed by atoms with E-state index in [0.29, 0.717) is 10.3 Å². The minimum absolute atomic E-state index is 0.0809. The van der Waals surface area contributed by atoms with E-state index in [1.807, 2.05) is 31.2 Å². The average Bonchev–Trinajstić information content (AvgIpc) is 2.49. The normalized spacial score (nSPS) is 11.8. The minimum Gasteiger partial charge on any atom is -0.497 e. The molecule has 1 atom stereocenters. The number of carboxylic acid groups (broad SMARTS) is 1. The average molecular weight is 351 g/mol. The smallest absolute Gasteiger partial charge is 0.339 e. The van der Waals surface area contributed by atoms with Crippen molar-refractivity contribution in [3.8, 4) is 5.75 Å². The molecule has 0 radical (unpaired) electrons. The lowest BCUT2D eigenvalue weighted by Gasteiger charge is -2.17. The molecule has 1 aromatic heterocycles. The molecule has 21 heavy (non-hydrogen) atoms. The molecular weight excluding hydrogens is 336 g/mol. The van der Waals surface area contributed by atoms with Gasteiger partial charge in [0, 0.05) is 16.7 Å². The molecule has 2 aromatic rings. The summed E-state index contributed by atoms with van der Waals surface area (Å²) >= 11 is 3.22. The highest BCUT2D eigenvalue weighted by atomic mass is 79.9. The van der Waals surface area contributed by atoms with E-state index in [0.717, 1.165) is 11.3 Å². The van der Waals surface area contributed by atoms with Crippen LogP contribution in [-0.2, 0) is 0 Å². The Hall–Kier alpha value is -2.08. The molecule has 0 fully saturated rings. The number of hydrogen-bond donors (Lipinski definition) is 2. The lowest BCUT2D eigenvalue weighted by molar-refractivity contribution is 0.0697. The van der Waals surface area contributed by atoms with Gasteiger partial charge in [0.05, 0.1) is 7.11 Å². The van der Waals surface area contributed by atoms with Crippen LogP contribution in [0.5, 0.6) is 5.75 Å². The van der Waals surface area contributed by atoms with Gasteiger partial charge in [0.15, 0.2) is 0 Å². The van der Waals surface area contributed by atoms with E-state index in [4.69, 9.17) is 4.74 Å². The molecule has 5 nitrogen and oxygen atoms in total. The number of aromatic carboxylic acids is 1. The van der Waals surface area contributed by atoms with Gasteiger partial charge < -0.3 is 15.2 Å². The Bertz CT molecular complexity index is 644. The summed E-state index contributed by atoms with van der Waals surface area (Å²) in [6.07, 6.45) is 1.56. The van der Waals surface area contributed by atoms with Crippen LogP contribution in [-0.4, -0.2) is 23.2 Å². The summed E-state index contributed by atoms with van der Waals surface area (Å²) in [4.78, 5) is 15.4. The second-order valence-corrected chi connectivity index (χ2v) is 5.41. The van der Waals surface area contributed by atoms with Crippen molar-refractivity contribution in [3.05, 3.63) is 52.1 Å². The maximum Gasteiger partial charge on any atom is 0.339 e. The van der Waals surface area contributed by atoms with E-state index in [9.17, 15) is 9.90 Å². The third-order valence-corrected chi connectivity index (χ3v) is 3.49. The van der Waals surface area contributed by atoms with Crippen molar-refractivity contribution in [1.82, 2.24) is 4.98 Å². The maximum atomic E-state index is 11.3. The first-order valence-corrected chi connectivity index (χ1v) is 7.10. The Labute approximate surface area is 131 Å². The summed E-state index contributed by atoms with van der Waals surface area (Å²) < 4.78 is 5.74. The molecule has 110 valence electrons. The molecule has 6 heteroatoms. The quantitative estimate of drug-likeness (QED) is 0.859. The molecule has 2 N–H and O–H groups in total. The van der Waals surface area contributed by atoms with Gasteiger partial charge in [0.1, 0.15) is 17.1 Å². The summed E-state index contributed by atoms with van der Waals surface area (Å²) in [6.45, 7) is 1.94. The van der Waals surface area contributed by atoms with E-state index in [2.05, 4.69) is 26.2 Å². The topological polar surface area (TPSA) is 71.5 Å². The summed E-state index contributed by atoms with van der Waals surface area (Å²) in [6, 6.07) is 9.02. The number of aromatic nitrogens is 1. The second-order valence-electron chi connectivity index (χ2n) is 4.49. The Morgan fingerprint density at radius 2 is 2.05 bits per heavy atom. The molecule has 0 spiro atoms. The number of rotatable bonds is 5. The van der Waals surface area contributed by atoms with E-state index in [-0.39, 0.29) is 11.6 Å². The molecular formula is C15H15BrN2O3. The van der Waals surface area contributed by atoms with E-state index in [1.165, 1.54) is 6.07 Å². The molecule has 0 aliphatic heterocycles. The lowest BCUT2D eigenvalue weighted by atomic mass is 10.1. The first-order valence-electron chi connectivity index (χ1n) is 6.30. The number of nitrogens with zero attached hydrogens (tertiary/aromatic N) is 1. The zero-order chi connectivity index (χ0) is 15.4. The van der Waals surface area contributed by atoms with Crippen molar-refractivity contribution in [2.24, 2.45) is 0 Å². The third-order valence-electron chi connectivity index (χ3n) is 3.05. The van der Waals surface area contributed by atoms with Crippen LogP contribution in [0.1, 0.15) is 28.9 Å². The van der Waals surface area contributed by atoms with Gasteiger partial charge in [0.2, 0.25) is 0 Å². The molecule has 0 aliphatic carbocycles. The van der Waals surface area contributed by atoms with Crippen LogP contribution in [0.3, 0.4) is 0 Å². The van der Waals surface area contributed by atoms with Crippen LogP contribution >= 0.6 is 15.9 Å². The van der Waals surface area contributed by atoms with Crippen molar-refractivity contribution in [2.75, 3.05) is 12.4 Å². The number of ether oxygens (including phenoxy) is 1. The predicted molar refractivity (Wildman–Crippen MR) is 83.9 cm³/mol. The number of pyridine rings is 1. The fourth-order valence-electron chi connectivity index (χ4n) is 1.90. The zero-order valence-corrected chi connectivity index (χ0v) is 13.2. The number of anilines is 1. The fraction of sp³-hybridized carbons (Fsp3) is 0.200. The summed E-state index contributed by atoms with van der Waals surface area (Å²) in [5, 5.41) is 12.3. The van der Waals surface area contributed by atoms with Gasteiger partial charge in [-0.05, 0) is 46.6 Å². The molecule has 1 heterocycles. The van der Waals surface area contributed by atoms with Crippen molar-refractivity contribution >= 4 is 27.7 Å². The van der Waals surface area contributed by atoms with Crippen molar-refractivity contribution in [2.45, 2.75) is 13.0 Å². The van der Waals surface area contributed by atoms with Crippen LogP contribution in [0.2, 0.25) is 0 Å². The van der Waals surface area contributed by atoms with Crippen LogP contribution < -0.4 is 10.1 Å². The van der Waals surface area contributed by atoms with Gasteiger partial charge in [-0.2, -0.15) is 0 Å². The Balaban J connectivity index is 2.22. The highest BCUT2D eigenvalue weighted by Gasteiger charge is 2.15. The number of nitrogens with one attached hydrogen (secondary N) is 1. The van der Waals surface area contributed by atoms with Gasteiger partial charge in [-0.15, -0.1) is 0 Å². The van der Waals surface area contributed by atoms with Crippen LogP contribution in [0.4, 0.5) is 5.82 Å². The van der Waals surface area contributed by atoms with Gasteiger partial charge in [-0.3, -0.25) is 0 Å². The highest BCUT2D eigenvalue weighted by Crippen LogP contribution is 2.24. The SMILES string of the molecule is COc1ccc(C(C)Nc2ncc(Br)cc2C(=O)O)cc1. The van der Waals surface area contributed by atoms with Crippen LogP contribution in [0.15, 0.2) is 41.0 Å². The molecule has 0 amide bonds. The molecule has 2 rings (SSSR count). The molecule has 0 saturated heterocycles. The number of carbonyl (C=O) groups is 1. The summed E-state index contributed by atoms with van der Waals surface area (Å²) in [5.41, 5.74) is 1.14. The Morgan fingerprint density at radius 3 is 2.62 bits per heavy atom. The van der Waals surface area contributed by atoms with Gasteiger partial charge >= 0.3 is 5.97 Å². The van der Waals surface area contributed by atoms with E-state index in [1.54, 1.807) is 13.3 Å².